The van der Waals surface area contributed by atoms with E-state index in [4.69, 9.17) is 9.47 Å². The Labute approximate surface area is 168 Å². The summed E-state index contributed by atoms with van der Waals surface area (Å²) in [6.07, 6.45) is 1.80. The molecule has 0 spiro atoms. The summed E-state index contributed by atoms with van der Waals surface area (Å²) in [5, 5.41) is 4.59. The number of nitrogens with one attached hydrogen (secondary N) is 2. The van der Waals surface area contributed by atoms with E-state index in [0.717, 1.165) is 24.9 Å². The third-order valence-electron chi connectivity index (χ3n) is 4.89. The number of imide groups is 1. The van der Waals surface area contributed by atoms with E-state index in [1.807, 2.05) is 23.1 Å². The minimum atomic E-state index is -0.766. The van der Waals surface area contributed by atoms with Crippen LogP contribution in [0, 0.1) is 5.82 Å². The number of hydrogen-bond donors (Lipinski definition) is 2. The smallest absolute Gasteiger partial charge is 0.326 e. The molecule has 0 aliphatic carbocycles. The maximum absolute atomic E-state index is 13.6. The number of methoxy groups -OCH3 is 2. The first kappa shape index (κ1) is 20.6. The van der Waals surface area contributed by atoms with Crippen LogP contribution in [0.4, 0.5) is 14.9 Å². The molecule has 3 amide bonds. The number of likely N-dealkylation sites (tertiary alicyclic amines) is 1. The molecule has 1 fully saturated rings. The number of amides is 3. The van der Waals surface area contributed by atoms with Crippen LogP contribution in [0.2, 0.25) is 0 Å². The number of halogens is 1. The number of carbonyl (C=O) groups excluding carboxylic acids is 2. The molecule has 7 nitrogen and oxygen atoms in total. The molecule has 1 aliphatic rings. The molecule has 0 unspecified atom stereocenters. The Hall–Kier alpha value is -3.13. The molecule has 1 aliphatic heterocycles. The van der Waals surface area contributed by atoms with Crippen LogP contribution in [0.25, 0.3) is 0 Å². The van der Waals surface area contributed by atoms with E-state index in [1.165, 1.54) is 18.2 Å². The van der Waals surface area contributed by atoms with Crippen molar-refractivity contribution in [1.29, 1.82) is 0 Å². The van der Waals surface area contributed by atoms with Crippen molar-refractivity contribution < 1.29 is 23.5 Å². The van der Waals surface area contributed by atoms with Gasteiger partial charge in [-0.15, -0.1) is 0 Å². The molecular weight excluding hydrogens is 377 g/mol. The Morgan fingerprint density at radius 3 is 2.69 bits per heavy atom. The van der Waals surface area contributed by atoms with Crippen LogP contribution < -0.4 is 20.1 Å². The fourth-order valence-electron chi connectivity index (χ4n) is 3.53. The average Bonchev–Trinajstić information content (AvgIpc) is 3.16. The predicted molar refractivity (Wildman–Crippen MR) is 107 cm³/mol. The molecule has 29 heavy (non-hydrogen) atoms. The van der Waals surface area contributed by atoms with Gasteiger partial charge in [0.15, 0.2) is 0 Å². The Morgan fingerprint density at radius 2 is 1.97 bits per heavy atom. The van der Waals surface area contributed by atoms with Gasteiger partial charge < -0.3 is 14.8 Å². The van der Waals surface area contributed by atoms with Crippen LogP contribution in [0.3, 0.4) is 0 Å². The molecule has 1 heterocycles. The monoisotopic (exact) mass is 401 g/mol. The zero-order valence-electron chi connectivity index (χ0n) is 16.4. The first-order valence-corrected chi connectivity index (χ1v) is 9.33. The standard InChI is InChI=1S/C21H24FN3O4/c1-28-14-9-10-15(19(12-14)29-2)18-8-5-11-25(18)13-20(26)24-21(27)23-17-7-4-3-6-16(17)22/h3-4,6-7,9-10,12,18H,5,8,11,13H2,1-2H3,(H2,23,24,26,27)/t18-/m0/s1. The van der Waals surface area contributed by atoms with Crippen LogP contribution in [0.15, 0.2) is 42.5 Å². The van der Waals surface area contributed by atoms with E-state index in [0.29, 0.717) is 11.5 Å². The normalized spacial score (nSPS) is 16.3. The van der Waals surface area contributed by atoms with Crippen molar-refractivity contribution in [3.05, 3.63) is 53.8 Å². The quantitative estimate of drug-likeness (QED) is 0.776. The van der Waals surface area contributed by atoms with Gasteiger partial charge in [-0.2, -0.15) is 0 Å². The summed E-state index contributed by atoms with van der Waals surface area (Å²) >= 11 is 0. The average molecular weight is 401 g/mol. The fourth-order valence-corrected chi connectivity index (χ4v) is 3.53. The summed E-state index contributed by atoms with van der Waals surface area (Å²) in [5.41, 5.74) is 0.981. The summed E-state index contributed by atoms with van der Waals surface area (Å²) in [6, 6.07) is 10.6. The molecule has 0 saturated carbocycles. The van der Waals surface area contributed by atoms with Gasteiger partial charge in [0.1, 0.15) is 17.3 Å². The lowest BCUT2D eigenvalue weighted by molar-refractivity contribution is -0.121. The molecule has 8 heteroatoms. The van der Waals surface area contributed by atoms with Crippen molar-refractivity contribution in [2.45, 2.75) is 18.9 Å². The highest BCUT2D eigenvalue weighted by atomic mass is 19.1. The maximum atomic E-state index is 13.6. The van der Waals surface area contributed by atoms with E-state index >= 15 is 0 Å². The molecule has 1 saturated heterocycles. The summed E-state index contributed by atoms with van der Waals surface area (Å²) in [6.45, 7) is 0.771. The largest absolute Gasteiger partial charge is 0.497 e. The molecule has 3 rings (SSSR count). The highest BCUT2D eigenvalue weighted by Gasteiger charge is 2.30. The lowest BCUT2D eigenvalue weighted by Gasteiger charge is -2.25. The molecule has 2 N–H and O–H groups in total. The highest BCUT2D eigenvalue weighted by molar-refractivity contribution is 6.01. The summed E-state index contributed by atoms with van der Waals surface area (Å²) < 4.78 is 24.3. The molecule has 0 bridgehead atoms. The number of rotatable bonds is 6. The summed E-state index contributed by atoms with van der Waals surface area (Å²) in [5.74, 6) is 0.358. The molecule has 0 radical (unpaired) electrons. The molecule has 2 aromatic rings. The van der Waals surface area contributed by atoms with Crippen LogP contribution in [-0.2, 0) is 4.79 Å². The second kappa shape index (κ2) is 9.38. The first-order valence-electron chi connectivity index (χ1n) is 9.33. The van der Waals surface area contributed by atoms with Gasteiger partial charge in [-0.3, -0.25) is 15.0 Å². The van der Waals surface area contributed by atoms with Crippen molar-refractivity contribution in [3.63, 3.8) is 0 Å². The SMILES string of the molecule is COc1ccc([C@@H]2CCCN2CC(=O)NC(=O)Nc2ccccc2F)c(OC)c1. The predicted octanol–water partition coefficient (Wildman–Crippen LogP) is 3.33. The number of anilines is 1. The van der Waals surface area contributed by atoms with E-state index in [2.05, 4.69) is 10.6 Å². The minimum Gasteiger partial charge on any atom is -0.497 e. The van der Waals surface area contributed by atoms with E-state index in [1.54, 1.807) is 20.3 Å². The maximum Gasteiger partial charge on any atom is 0.326 e. The summed E-state index contributed by atoms with van der Waals surface area (Å²) in [7, 11) is 3.18. The van der Waals surface area contributed by atoms with Gasteiger partial charge in [-0.1, -0.05) is 18.2 Å². The highest BCUT2D eigenvalue weighted by Crippen LogP contribution is 2.38. The van der Waals surface area contributed by atoms with Crippen molar-refractivity contribution in [1.82, 2.24) is 10.2 Å². The lowest BCUT2D eigenvalue weighted by atomic mass is 10.0. The number of urea groups is 1. The van der Waals surface area contributed by atoms with Gasteiger partial charge in [0.2, 0.25) is 5.91 Å². The van der Waals surface area contributed by atoms with Crippen molar-refractivity contribution >= 4 is 17.6 Å². The molecule has 1 atom stereocenters. The number of nitrogens with zero attached hydrogens (tertiary/aromatic N) is 1. The molecule has 2 aromatic carbocycles. The Bertz CT molecular complexity index is 890. The molecule has 154 valence electrons. The van der Waals surface area contributed by atoms with E-state index in [-0.39, 0.29) is 18.3 Å². The van der Waals surface area contributed by atoms with Gasteiger partial charge in [0.05, 0.1) is 26.5 Å². The topological polar surface area (TPSA) is 79.9 Å². The van der Waals surface area contributed by atoms with Crippen LogP contribution in [-0.4, -0.2) is 44.1 Å². The Balaban J connectivity index is 1.62. The molecular formula is C21H24FN3O4. The van der Waals surface area contributed by atoms with E-state index < -0.39 is 17.8 Å². The van der Waals surface area contributed by atoms with Crippen molar-refractivity contribution in [3.8, 4) is 11.5 Å². The van der Waals surface area contributed by atoms with Crippen LogP contribution >= 0.6 is 0 Å². The zero-order chi connectivity index (χ0) is 20.8. The summed E-state index contributed by atoms with van der Waals surface area (Å²) in [4.78, 5) is 26.4. The number of ether oxygens (including phenoxy) is 2. The van der Waals surface area contributed by atoms with Gasteiger partial charge in [0.25, 0.3) is 0 Å². The number of hydrogen-bond acceptors (Lipinski definition) is 5. The fraction of sp³-hybridized carbons (Fsp3) is 0.333. The van der Waals surface area contributed by atoms with Crippen molar-refractivity contribution in [2.75, 3.05) is 32.6 Å². The third kappa shape index (κ3) is 5.03. The second-order valence-electron chi connectivity index (χ2n) is 6.72. The van der Waals surface area contributed by atoms with E-state index in [9.17, 15) is 14.0 Å². The number of carbonyl (C=O) groups is 2. The van der Waals surface area contributed by atoms with Gasteiger partial charge in [0, 0.05) is 17.7 Å². The van der Waals surface area contributed by atoms with Crippen LogP contribution in [0.5, 0.6) is 11.5 Å². The number of para-hydroxylation sites is 1. The van der Waals surface area contributed by atoms with Crippen molar-refractivity contribution in [2.24, 2.45) is 0 Å². The number of benzene rings is 2. The lowest BCUT2D eigenvalue weighted by Crippen LogP contribution is -2.41. The molecule has 0 aromatic heterocycles. The Morgan fingerprint density at radius 1 is 1.17 bits per heavy atom. The van der Waals surface area contributed by atoms with Gasteiger partial charge in [-0.25, -0.2) is 9.18 Å². The Kier molecular flexibility index (Phi) is 6.66. The van der Waals surface area contributed by atoms with Gasteiger partial charge in [-0.05, 0) is 37.6 Å². The zero-order valence-corrected chi connectivity index (χ0v) is 16.4. The van der Waals surface area contributed by atoms with Crippen LogP contribution in [0.1, 0.15) is 24.4 Å². The third-order valence-corrected chi connectivity index (χ3v) is 4.89. The minimum absolute atomic E-state index is 0.00349. The van der Waals surface area contributed by atoms with Gasteiger partial charge >= 0.3 is 6.03 Å². The second-order valence-corrected chi connectivity index (χ2v) is 6.72. The first-order chi connectivity index (χ1) is 14.0.